The monoisotopic (exact) mass is 252 g/mol. The summed E-state index contributed by atoms with van der Waals surface area (Å²) in [5.41, 5.74) is 0.183. The highest BCUT2D eigenvalue weighted by molar-refractivity contribution is 6.31. The number of carbonyl (C=O) groups excluding carboxylic acids is 1. The van der Waals surface area contributed by atoms with E-state index in [4.69, 9.17) is 21.6 Å². The molecule has 0 aromatic carbocycles. The van der Waals surface area contributed by atoms with Crippen molar-refractivity contribution in [3.8, 4) is 6.07 Å². The molecule has 0 atom stereocenters. The molecule has 90 valence electrons. The first-order valence-electron chi connectivity index (χ1n) is 5.08. The molecule has 4 nitrogen and oxygen atoms in total. The highest BCUT2D eigenvalue weighted by Gasteiger charge is 2.18. The summed E-state index contributed by atoms with van der Waals surface area (Å²) in [6, 6.07) is 3.42. The lowest BCUT2D eigenvalue weighted by Crippen LogP contribution is -2.24. The molecule has 0 aliphatic rings. The summed E-state index contributed by atoms with van der Waals surface area (Å²) in [6.07, 6.45) is 1.49. The zero-order chi connectivity index (χ0) is 13.1. The molecule has 5 heteroatoms. The molecule has 1 heterocycles. The van der Waals surface area contributed by atoms with Crippen molar-refractivity contribution in [3.05, 3.63) is 28.5 Å². The molecule has 0 bridgehead atoms. The number of esters is 1. The van der Waals surface area contributed by atoms with Crippen molar-refractivity contribution < 1.29 is 9.53 Å². The normalized spacial score (nSPS) is 10.8. The van der Waals surface area contributed by atoms with Crippen molar-refractivity contribution in [2.75, 3.05) is 0 Å². The van der Waals surface area contributed by atoms with Crippen molar-refractivity contribution in [1.82, 2.24) is 4.98 Å². The zero-order valence-electron chi connectivity index (χ0n) is 9.95. The highest BCUT2D eigenvalue weighted by Crippen LogP contribution is 2.18. The number of nitriles is 1. The van der Waals surface area contributed by atoms with Crippen LogP contribution in [-0.2, 0) is 11.2 Å². The van der Waals surface area contributed by atoms with Gasteiger partial charge in [-0.2, -0.15) is 5.26 Å². The van der Waals surface area contributed by atoms with Crippen molar-refractivity contribution in [3.63, 3.8) is 0 Å². The third kappa shape index (κ3) is 4.04. The molecule has 0 saturated carbocycles. The molecule has 0 spiro atoms. The summed E-state index contributed by atoms with van der Waals surface area (Å²) < 4.78 is 5.18. The first kappa shape index (κ1) is 13.5. The van der Waals surface area contributed by atoms with Crippen LogP contribution in [0.2, 0.25) is 5.02 Å². The molecule has 0 fully saturated rings. The fraction of sp³-hybridized carbons (Fsp3) is 0.417. The van der Waals surface area contributed by atoms with Gasteiger partial charge in [0.05, 0.1) is 28.8 Å². The van der Waals surface area contributed by atoms with Gasteiger partial charge < -0.3 is 4.74 Å². The molecule has 0 aliphatic carbocycles. The number of ether oxygens (including phenoxy) is 1. The lowest BCUT2D eigenvalue weighted by molar-refractivity contribution is 0.00691. The van der Waals surface area contributed by atoms with Gasteiger partial charge in [0.15, 0.2) is 0 Å². The average Bonchev–Trinajstić information content (AvgIpc) is 2.18. The van der Waals surface area contributed by atoms with Gasteiger partial charge in [-0.1, -0.05) is 11.6 Å². The Kier molecular flexibility index (Phi) is 4.08. The summed E-state index contributed by atoms with van der Waals surface area (Å²) in [5.74, 6) is -0.476. The predicted molar refractivity (Wildman–Crippen MR) is 63.7 cm³/mol. The third-order valence-electron chi connectivity index (χ3n) is 1.80. The number of aromatic nitrogens is 1. The Hall–Kier alpha value is -1.60. The van der Waals surface area contributed by atoms with E-state index < -0.39 is 11.6 Å². The van der Waals surface area contributed by atoms with E-state index in [1.165, 1.54) is 12.3 Å². The minimum atomic E-state index is -0.561. The van der Waals surface area contributed by atoms with Crippen molar-refractivity contribution in [2.45, 2.75) is 32.8 Å². The molecule has 0 radical (unpaired) electrons. The van der Waals surface area contributed by atoms with E-state index in [9.17, 15) is 4.79 Å². The number of halogens is 1. The molecule has 1 aromatic heterocycles. The molecular formula is C12H13ClN2O2. The SMILES string of the molecule is CC(C)(C)OC(=O)c1cnc(CC#N)c(Cl)c1. The molecule has 1 aromatic rings. The van der Waals surface area contributed by atoms with Gasteiger partial charge in [-0.05, 0) is 26.8 Å². The minimum absolute atomic E-state index is 0.118. The molecular weight excluding hydrogens is 240 g/mol. The van der Waals surface area contributed by atoms with Gasteiger partial charge in [-0.3, -0.25) is 4.98 Å². The molecule has 0 N–H and O–H groups in total. The Morgan fingerprint density at radius 1 is 1.59 bits per heavy atom. The minimum Gasteiger partial charge on any atom is -0.456 e. The molecule has 17 heavy (non-hydrogen) atoms. The number of rotatable bonds is 2. The van der Waals surface area contributed by atoms with E-state index >= 15 is 0 Å². The van der Waals surface area contributed by atoms with Crippen LogP contribution in [0.1, 0.15) is 36.8 Å². The Morgan fingerprint density at radius 3 is 2.71 bits per heavy atom. The van der Waals surface area contributed by atoms with E-state index in [0.717, 1.165) is 0 Å². The lowest BCUT2D eigenvalue weighted by Gasteiger charge is -2.19. The van der Waals surface area contributed by atoms with Crippen LogP contribution in [0.5, 0.6) is 0 Å². The number of pyridine rings is 1. The second-order valence-electron chi connectivity index (χ2n) is 4.49. The Bertz CT molecular complexity index is 472. The van der Waals surface area contributed by atoms with E-state index in [2.05, 4.69) is 4.98 Å². The largest absolute Gasteiger partial charge is 0.456 e. The molecule has 0 aliphatic heterocycles. The van der Waals surface area contributed by atoms with Crippen molar-refractivity contribution >= 4 is 17.6 Å². The van der Waals surface area contributed by atoms with Crippen LogP contribution in [0.3, 0.4) is 0 Å². The predicted octanol–water partition coefficient (Wildman–Crippen LogP) is 2.76. The summed E-state index contributed by atoms with van der Waals surface area (Å²) in [5, 5.41) is 8.84. The van der Waals surface area contributed by atoms with Crippen LogP contribution in [0.25, 0.3) is 0 Å². The first-order valence-corrected chi connectivity index (χ1v) is 5.46. The van der Waals surface area contributed by atoms with Gasteiger partial charge in [-0.15, -0.1) is 0 Å². The Morgan fingerprint density at radius 2 is 2.24 bits per heavy atom. The van der Waals surface area contributed by atoms with Crippen molar-refractivity contribution in [1.29, 1.82) is 5.26 Å². The lowest BCUT2D eigenvalue weighted by atomic mass is 10.2. The third-order valence-corrected chi connectivity index (χ3v) is 2.13. The summed E-state index contributed by atoms with van der Waals surface area (Å²) in [6.45, 7) is 5.35. The van der Waals surface area contributed by atoms with Crippen LogP contribution in [0.15, 0.2) is 12.3 Å². The summed E-state index contributed by atoms with van der Waals surface area (Å²) >= 11 is 5.90. The Balaban J connectivity index is 2.91. The van der Waals surface area contributed by atoms with Crippen LogP contribution in [0.4, 0.5) is 0 Å². The maximum atomic E-state index is 11.7. The number of carbonyl (C=O) groups is 1. The maximum absolute atomic E-state index is 11.7. The van der Waals surface area contributed by atoms with Gasteiger partial charge in [0.25, 0.3) is 0 Å². The molecule has 1 rings (SSSR count). The van der Waals surface area contributed by atoms with Crippen LogP contribution in [-0.4, -0.2) is 16.6 Å². The highest BCUT2D eigenvalue weighted by atomic mass is 35.5. The number of nitrogens with zero attached hydrogens (tertiary/aromatic N) is 2. The van der Waals surface area contributed by atoms with Gasteiger partial charge >= 0.3 is 5.97 Å². The van der Waals surface area contributed by atoms with E-state index in [0.29, 0.717) is 10.7 Å². The quantitative estimate of drug-likeness (QED) is 0.760. The maximum Gasteiger partial charge on any atom is 0.340 e. The number of hydrogen-bond acceptors (Lipinski definition) is 4. The average molecular weight is 253 g/mol. The van der Waals surface area contributed by atoms with Gasteiger partial charge in [0, 0.05) is 6.20 Å². The van der Waals surface area contributed by atoms with Gasteiger partial charge in [0.1, 0.15) is 5.60 Å². The second kappa shape index (κ2) is 5.15. The van der Waals surface area contributed by atoms with Crippen LogP contribution < -0.4 is 0 Å². The van der Waals surface area contributed by atoms with Crippen LogP contribution in [0, 0.1) is 11.3 Å². The zero-order valence-corrected chi connectivity index (χ0v) is 10.7. The number of hydrogen-bond donors (Lipinski definition) is 0. The van der Waals surface area contributed by atoms with Crippen molar-refractivity contribution in [2.24, 2.45) is 0 Å². The Labute approximate surface area is 105 Å². The molecule has 0 unspecified atom stereocenters. The van der Waals surface area contributed by atoms with Gasteiger partial charge in [0.2, 0.25) is 0 Å². The standard InChI is InChI=1S/C12H13ClN2O2/c1-12(2,3)17-11(16)8-6-9(13)10(4-5-14)15-7-8/h6-7H,4H2,1-3H3. The first-order chi connectivity index (χ1) is 7.83. The topological polar surface area (TPSA) is 63.0 Å². The fourth-order valence-corrected chi connectivity index (χ4v) is 1.35. The van der Waals surface area contributed by atoms with E-state index in [1.54, 1.807) is 20.8 Å². The van der Waals surface area contributed by atoms with Crippen LogP contribution >= 0.6 is 11.6 Å². The summed E-state index contributed by atoms with van der Waals surface area (Å²) in [4.78, 5) is 15.7. The fourth-order valence-electron chi connectivity index (χ4n) is 1.12. The second-order valence-corrected chi connectivity index (χ2v) is 4.90. The smallest absolute Gasteiger partial charge is 0.340 e. The molecule has 0 saturated heterocycles. The molecule has 0 amide bonds. The van der Waals surface area contributed by atoms with E-state index in [-0.39, 0.29) is 12.0 Å². The summed E-state index contributed by atoms with van der Waals surface area (Å²) in [7, 11) is 0. The van der Waals surface area contributed by atoms with E-state index in [1.807, 2.05) is 6.07 Å². The van der Waals surface area contributed by atoms with Gasteiger partial charge in [-0.25, -0.2) is 4.79 Å².